The molecule has 8 heteroatoms. The van der Waals surface area contributed by atoms with Crippen LogP contribution in [0.1, 0.15) is 16.8 Å². The Labute approximate surface area is 116 Å². The maximum atomic E-state index is 13.5. The van der Waals surface area contributed by atoms with Crippen LogP contribution in [0.25, 0.3) is 0 Å². The Morgan fingerprint density at radius 1 is 1.19 bits per heavy atom. The van der Waals surface area contributed by atoms with Gasteiger partial charge in [-0.25, -0.2) is 8.78 Å². The number of carboxylic acids is 1. The first-order valence-corrected chi connectivity index (χ1v) is 5.89. The first-order valence-electron chi connectivity index (χ1n) is 5.89. The molecule has 3 N–H and O–H groups in total. The third kappa shape index (κ3) is 2.83. The largest absolute Gasteiger partial charge is 0.503 e. The number of aromatic hydroxyl groups is 1. The van der Waals surface area contributed by atoms with E-state index in [1.807, 2.05) is 0 Å². The lowest BCUT2D eigenvalue weighted by Crippen LogP contribution is -2.34. The minimum atomic E-state index is -1.78. The molecule has 21 heavy (non-hydrogen) atoms. The molecule has 0 spiro atoms. The van der Waals surface area contributed by atoms with Gasteiger partial charge in [-0.3, -0.25) is 9.59 Å². The van der Waals surface area contributed by atoms with Gasteiger partial charge >= 0.3 is 5.97 Å². The highest BCUT2D eigenvalue weighted by Gasteiger charge is 2.28. The minimum absolute atomic E-state index is 0.0678. The van der Waals surface area contributed by atoms with Crippen molar-refractivity contribution in [2.75, 3.05) is 0 Å². The SMILES string of the molecule is O=C(NC1C=CC(C(=O)O)C1)c1cc(F)c(F)c(O)c1F. The first-order chi connectivity index (χ1) is 9.81. The van der Waals surface area contributed by atoms with Crippen LogP contribution in [-0.4, -0.2) is 28.1 Å². The average molecular weight is 301 g/mol. The molecule has 2 atom stereocenters. The Bertz CT molecular complexity index is 645. The number of rotatable bonds is 3. The van der Waals surface area contributed by atoms with Crippen LogP contribution in [0.3, 0.4) is 0 Å². The fourth-order valence-electron chi connectivity index (χ4n) is 1.99. The van der Waals surface area contributed by atoms with E-state index in [9.17, 15) is 22.8 Å². The molecule has 0 radical (unpaired) electrons. The summed E-state index contributed by atoms with van der Waals surface area (Å²) in [5.74, 6) is -9.44. The molecule has 0 fully saturated rings. The fraction of sp³-hybridized carbons (Fsp3) is 0.231. The van der Waals surface area contributed by atoms with Gasteiger partial charge in [-0.05, 0) is 12.5 Å². The van der Waals surface area contributed by atoms with Gasteiger partial charge in [0, 0.05) is 6.04 Å². The quantitative estimate of drug-likeness (QED) is 0.584. The van der Waals surface area contributed by atoms with Crippen molar-refractivity contribution in [1.82, 2.24) is 5.32 Å². The van der Waals surface area contributed by atoms with E-state index >= 15 is 0 Å². The summed E-state index contributed by atoms with van der Waals surface area (Å²) in [5.41, 5.74) is -0.862. The smallest absolute Gasteiger partial charge is 0.310 e. The van der Waals surface area contributed by atoms with Crippen molar-refractivity contribution in [2.45, 2.75) is 12.5 Å². The third-order valence-corrected chi connectivity index (χ3v) is 3.09. The molecule has 0 aromatic heterocycles. The molecule has 1 aliphatic rings. The van der Waals surface area contributed by atoms with Crippen molar-refractivity contribution in [3.8, 4) is 5.75 Å². The summed E-state index contributed by atoms with van der Waals surface area (Å²) >= 11 is 0. The topological polar surface area (TPSA) is 86.6 Å². The lowest BCUT2D eigenvalue weighted by atomic mass is 10.1. The predicted molar refractivity (Wildman–Crippen MR) is 64.1 cm³/mol. The molecule has 112 valence electrons. The van der Waals surface area contributed by atoms with Gasteiger partial charge in [0.05, 0.1) is 11.5 Å². The molecule has 2 unspecified atom stereocenters. The zero-order valence-corrected chi connectivity index (χ0v) is 10.4. The standard InChI is InChI=1S/C13H10F3NO4/c14-8-4-7(9(15)11(18)10(8)16)12(19)17-6-2-1-5(3-6)13(20)21/h1-2,4-6,18H,3H2,(H,17,19)(H,20,21). The highest BCUT2D eigenvalue weighted by molar-refractivity contribution is 5.95. The second-order valence-corrected chi connectivity index (χ2v) is 4.53. The van der Waals surface area contributed by atoms with Crippen molar-refractivity contribution in [3.05, 3.63) is 41.2 Å². The summed E-state index contributed by atoms with van der Waals surface area (Å²) in [6.45, 7) is 0. The number of amides is 1. The molecule has 1 aromatic rings. The molecular weight excluding hydrogens is 291 g/mol. The van der Waals surface area contributed by atoms with E-state index in [0.717, 1.165) is 0 Å². The summed E-state index contributed by atoms with van der Waals surface area (Å²) in [6, 6.07) is -0.346. The number of aliphatic carboxylic acids is 1. The van der Waals surface area contributed by atoms with Crippen molar-refractivity contribution in [3.63, 3.8) is 0 Å². The number of hydrogen-bond acceptors (Lipinski definition) is 3. The molecule has 1 aliphatic carbocycles. The Kier molecular flexibility index (Phi) is 3.88. The molecule has 0 heterocycles. The van der Waals surface area contributed by atoms with Crippen LogP contribution >= 0.6 is 0 Å². The Morgan fingerprint density at radius 3 is 2.43 bits per heavy atom. The lowest BCUT2D eigenvalue weighted by molar-refractivity contribution is -0.140. The van der Waals surface area contributed by atoms with Gasteiger partial charge < -0.3 is 15.5 Å². The number of carboxylic acid groups (broad SMARTS) is 1. The Balaban J connectivity index is 2.16. The van der Waals surface area contributed by atoms with Gasteiger partial charge in [-0.15, -0.1) is 0 Å². The van der Waals surface area contributed by atoms with E-state index < -0.39 is 52.6 Å². The second kappa shape index (κ2) is 5.47. The number of halogens is 3. The third-order valence-electron chi connectivity index (χ3n) is 3.09. The summed E-state index contributed by atoms with van der Waals surface area (Å²) in [7, 11) is 0. The van der Waals surface area contributed by atoms with Crippen LogP contribution < -0.4 is 5.32 Å². The molecule has 1 aromatic carbocycles. The maximum absolute atomic E-state index is 13.5. The van der Waals surface area contributed by atoms with Crippen molar-refractivity contribution < 1.29 is 33.0 Å². The monoisotopic (exact) mass is 301 g/mol. The van der Waals surface area contributed by atoms with Crippen LogP contribution in [0, 0.1) is 23.4 Å². The van der Waals surface area contributed by atoms with E-state index in [2.05, 4.69) is 5.32 Å². The molecule has 5 nitrogen and oxygen atoms in total. The average Bonchev–Trinajstić information content (AvgIpc) is 2.89. The maximum Gasteiger partial charge on any atom is 0.310 e. The number of phenols is 1. The molecular formula is C13H10F3NO4. The Morgan fingerprint density at radius 2 is 1.86 bits per heavy atom. The van der Waals surface area contributed by atoms with Crippen LogP contribution in [0.5, 0.6) is 5.75 Å². The predicted octanol–water partition coefficient (Wildman–Crippen LogP) is 1.57. The van der Waals surface area contributed by atoms with Crippen molar-refractivity contribution in [1.29, 1.82) is 0 Å². The number of phenolic OH excluding ortho intramolecular Hbond substituents is 1. The van der Waals surface area contributed by atoms with Crippen LogP contribution in [0.15, 0.2) is 18.2 Å². The van der Waals surface area contributed by atoms with Crippen molar-refractivity contribution in [2.24, 2.45) is 5.92 Å². The van der Waals surface area contributed by atoms with Crippen LogP contribution in [0.2, 0.25) is 0 Å². The number of nitrogens with one attached hydrogen (secondary N) is 1. The van der Waals surface area contributed by atoms with Crippen LogP contribution in [0.4, 0.5) is 13.2 Å². The van der Waals surface area contributed by atoms with Gasteiger partial charge in [0.25, 0.3) is 5.91 Å². The normalized spacial score (nSPS) is 20.5. The van der Waals surface area contributed by atoms with E-state index in [1.165, 1.54) is 12.2 Å². The van der Waals surface area contributed by atoms with Gasteiger partial charge in [-0.1, -0.05) is 12.2 Å². The van der Waals surface area contributed by atoms with E-state index in [4.69, 9.17) is 10.2 Å². The van der Waals surface area contributed by atoms with Crippen molar-refractivity contribution >= 4 is 11.9 Å². The number of benzene rings is 1. The molecule has 0 saturated heterocycles. The summed E-state index contributed by atoms with van der Waals surface area (Å²) in [5, 5.41) is 20.1. The van der Waals surface area contributed by atoms with E-state index in [-0.39, 0.29) is 6.42 Å². The summed E-state index contributed by atoms with van der Waals surface area (Å²) in [4.78, 5) is 22.5. The number of hydrogen-bond donors (Lipinski definition) is 3. The fourth-order valence-corrected chi connectivity index (χ4v) is 1.99. The summed E-state index contributed by atoms with van der Waals surface area (Å²) < 4.78 is 39.5. The summed E-state index contributed by atoms with van der Waals surface area (Å²) in [6.07, 6.45) is 2.85. The highest BCUT2D eigenvalue weighted by atomic mass is 19.2. The minimum Gasteiger partial charge on any atom is -0.503 e. The first kappa shape index (κ1) is 14.9. The number of carbonyl (C=O) groups excluding carboxylic acids is 1. The van der Waals surface area contributed by atoms with Gasteiger partial charge in [0.2, 0.25) is 5.82 Å². The van der Waals surface area contributed by atoms with Crippen LogP contribution in [-0.2, 0) is 4.79 Å². The molecule has 2 rings (SSSR count). The zero-order chi connectivity index (χ0) is 15.7. The lowest BCUT2D eigenvalue weighted by Gasteiger charge is -2.13. The van der Waals surface area contributed by atoms with E-state index in [1.54, 1.807) is 0 Å². The van der Waals surface area contributed by atoms with Gasteiger partial charge in [-0.2, -0.15) is 4.39 Å². The number of carbonyl (C=O) groups is 2. The molecule has 1 amide bonds. The zero-order valence-electron chi connectivity index (χ0n) is 10.4. The highest BCUT2D eigenvalue weighted by Crippen LogP contribution is 2.26. The van der Waals surface area contributed by atoms with Gasteiger partial charge in [0.15, 0.2) is 17.4 Å². The Hall–Kier alpha value is -2.51. The van der Waals surface area contributed by atoms with E-state index in [0.29, 0.717) is 6.07 Å². The molecule has 0 saturated carbocycles. The second-order valence-electron chi connectivity index (χ2n) is 4.53. The molecule has 0 aliphatic heterocycles. The molecule has 0 bridgehead atoms. The van der Waals surface area contributed by atoms with Gasteiger partial charge in [0.1, 0.15) is 0 Å².